The van der Waals surface area contributed by atoms with Crippen LogP contribution in [0.3, 0.4) is 0 Å². The molecule has 0 saturated carbocycles. The highest BCUT2D eigenvalue weighted by Gasteiger charge is 2.16. The summed E-state index contributed by atoms with van der Waals surface area (Å²) in [4.78, 5) is 12.1. The van der Waals surface area contributed by atoms with Gasteiger partial charge in [0.25, 0.3) is 5.91 Å². The molecule has 2 unspecified atom stereocenters. The van der Waals surface area contributed by atoms with Crippen molar-refractivity contribution in [3.05, 3.63) is 60.2 Å². The van der Waals surface area contributed by atoms with Gasteiger partial charge in [0.2, 0.25) is 0 Å². The molecule has 0 aliphatic rings. The predicted octanol–water partition coefficient (Wildman–Crippen LogP) is 2.28. The molecule has 0 heterocycles. The van der Waals surface area contributed by atoms with Gasteiger partial charge in [0.15, 0.2) is 6.10 Å². The van der Waals surface area contributed by atoms with Crippen molar-refractivity contribution in [1.29, 1.82) is 0 Å². The number of amides is 1. The normalized spacial score (nSPS) is 13.0. The van der Waals surface area contributed by atoms with Gasteiger partial charge < -0.3 is 20.5 Å². The quantitative estimate of drug-likeness (QED) is 0.822. The van der Waals surface area contributed by atoms with Gasteiger partial charge in [-0.3, -0.25) is 4.79 Å². The molecule has 1 amide bonds. The number of rotatable bonds is 7. The van der Waals surface area contributed by atoms with E-state index < -0.39 is 6.10 Å². The summed E-state index contributed by atoms with van der Waals surface area (Å²) in [6, 6.07) is 16.5. The van der Waals surface area contributed by atoms with Crippen molar-refractivity contribution in [3.63, 3.8) is 0 Å². The first-order valence-corrected chi connectivity index (χ1v) is 7.49. The van der Waals surface area contributed by atoms with Crippen LogP contribution in [0.1, 0.15) is 18.5 Å². The molecule has 2 rings (SSSR count). The second-order valence-corrected chi connectivity index (χ2v) is 5.20. The van der Waals surface area contributed by atoms with Crippen molar-refractivity contribution < 1.29 is 14.3 Å². The van der Waals surface area contributed by atoms with Crippen LogP contribution in [0, 0.1) is 0 Å². The first-order chi connectivity index (χ1) is 11.1. The fourth-order valence-electron chi connectivity index (χ4n) is 2.08. The Labute approximate surface area is 136 Å². The SMILES string of the molecule is COc1ccc(OC(C)C(=O)NCC(N)c2ccccc2)cc1. The molecule has 3 N–H and O–H groups in total. The zero-order valence-electron chi connectivity index (χ0n) is 13.4. The number of ether oxygens (including phenoxy) is 2. The Bertz CT molecular complexity index is 614. The summed E-state index contributed by atoms with van der Waals surface area (Å²) < 4.78 is 10.7. The Morgan fingerprint density at radius 1 is 1.09 bits per heavy atom. The lowest BCUT2D eigenvalue weighted by molar-refractivity contribution is -0.127. The molecule has 2 aromatic rings. The van der Waals surface area contributed by atoms with Crippen LogP contribution in [-0.2, 0) is 4.79 Å². The van der Waals surface area contributed by atoms with Crippen LogP contribution in [0.2, 0.25) is 0 Å². The van der Waals surface area contributed by atoms with Crippen LogP contribution < -0.4 is 20.5 Å². The van der Waals surface area contributed by atoms with Crippen LogP contribution in [-0.4, -0.2) is 25.7 Å². The average Bonchev–Trinajstić information content (AvgIpc) is 2.60. The molecule has 0 fully saturated rings. The van der Waals surface area contributed by atoms with E-state index in [4.69, 9.17) is 15.2 Å². The second-order valence-electron chi connectivity index (χ2n) is 5.20. The molecule has 0 aliphatic carbocycles. The van der Waals surface area contributed by atoms with Gasteiger partial charge in [-0.05, 0) is 36.8 Å². The largest absolute Gasteiger partial charge is 0.497 e. The predicted molar refractivity (Wildman–Crippen MR) is 89.5 cm³/mol. The second kappa shape index (κ2) is 8.19. The molecule has 0 radical (unpaired) electrons. The molecular weight excluding hydrogens is 292 g/mol. The highest BCUT2D eigenvalue weighted by molar-refractivity contribution is 5.80. The monoisotopic (exact) mass is 314 g/mol. The van der Waals surface area contributed by atoms with Gasteiger partial charge in [0, 0.05) is 12.6 Å². The average molecular weight is 314 g/mol. The van der Waals surface area contributed by atoms with Crippen molar-refractivity contribution in [3.8, 4) is 11.5 Å². The zero-order valence-corrected chi connectivity index (χ0v) is 13.4. The fraction of sp³-hybridized carbons (Fsp3) is 0.278. The van der Waals surface area contributed by atoms with Gasteiger partial charge in [0.1, 0.15) is 11.5 Å². The summed E-state index contributed by atoms with van der Waals surface area (Å²) >= 11 is 0. The van der Waals surface area contributed by atoms with E-state index in [0.717, 1.165) is 11.3 Å². The van der Waals surface area contributed by atoms with Crippen molar-refractivity contribution in [2.75, 3.05) is 13.7 Å². The number of hydrogen-bond acceptors (Lipinski definition) is 4. The van der Waals surface area contributed by atoms with Gasteiger partial charge in [-0.15, -0.1) is 0 Å². The molecule has 23 heavy (non-hydrogen) atoms. The van der Waals surface area contributed by atoms with Gasteiger partial charge in [0.05, 0.1) is 7.11 Å². The number of methoxy groups -OCH3 is 1. The Hall–Kier alpha value is -2.53. The highest BCUT2D eigenvalue weighted by Crippen LogP contribution is 2.18. The van der Waals surface area contributed by atoms with E-state index in [9.17, 15) is 4.79 Å². The number of nitrogens with one attached hydrogen (secondary N) is 1. The molecule has 122 valence electrons. The van der Waals surface area contributed by atoms with Crippen LogP contribution >= 0.6 is 0 Å². The lowest BCUT2D eigenvalue weighted by Crippen LogP contribution is -2.39. The third kappa shape index (κ3) is 5.00. The minimum atomic E-state index is -0.605. The van der Waals surface area contributed by atoms with E-state index in [0.29, 0.717) is 12.3 Å². The summed E-state index contributed by atoms with van der Waals surface area (Å²) in [5, 5.41) is 2.81. The van der Waals surface area contributed by atoms with Crippen LogP contribution in [0.15, 0.2) is 54.6 Å². The van der Waals surface area contributed by atoms with Gasteiger partial charge in [-0.2, -0.15) is 0 Å². The van der Waals surface area contributed by atoms with E-state index in [1.807, 2.05) is 30.3 Å². The highest BCUT2D eigenvalue weighted by atomic mass is 16.5. The third-order valence-corrected chi connectivity index (χ3v) is 3.47. The number of nitrogens with two attached hydrogens (primary N) is 1. The summed E-state index contributed by atoms with van der Waals surface area (Å²) in [7, 11) is 1.60. The van der Waals surface area contributed by atoms with Crippen LogP contribution in [0.5, 0.6) is 11.5 Å². The van der Waals surface area contributed by atoms with Gasteiger partial charge in [-0.25, -0.2) is 0 Å². The maximum absolute atomic E-state index is 12.1. The number of carbonyl (C=O) groups is 1. The topological polar surface area (TPSA) is 73.6 Å². The molecular formula is C18H22N2O3. The van der Waals surface area contributed by atoms with E-state index in [1.165, 1.54) is 0 Å². The molecule has 0 saturated heterocycles. The summed E-state index contributed by atoms with van der Waals surface area (Å²) in [5.41, 5.74) is 7.04. The van der Waals surface area contributed by atoms with Crippen molar-refractivity contribution >= 4 is 5.91 Å². The zero-order chi connectivity index (χ0) is 16.7. The molecule has 2 aromatic carbocycles. The number of carbonyl (C=O) groups excluding carboxylic acids is 1. The fourth-order valence-corrected chi connectivity index (χ4v) is 2.08. The molecule has 5 nitrogen and oxygen atoms in total. The minimum Gasteiger partial charge on any atom is -0.497 e. The Morgan fingerprint density at radius 2 is 1.70 bits per heavy atom. The number of hydrogen-bond donors (Lipinski definition) is 2. The Kier molecular flexibility index (Phi) is 6.00. The van der Waals surface area contributed by atoms with E-state index in [-0.39, 0.29) is 11.9 Å². The molecule has 2 atom stereocenters. The Morgan fingerprint density at radius 3 is 2.30 bits per heavy atom. The van der Waals surface area contributed by atoms with E-state index in [2.05, 4.69) is 5.32 Å². The first-order valence-electron chi connectivity index (χ1n) is 7.49. The van der Waals surface area contributed by atoms with Crippen molar-refractivity contribution in [2.24, 2.45) is 5.73 Å². The van der Waals surface area contributed by atoms with E-state index in [1.54, 1.807) is 38.3 Å². The lowest BCUT2D eigenvalue weighted by atomic mass is 10.1. The third-order valence-electron chi connectivity index (χ3n) is 3.47. The van der Waals surface area contributed by atoms with Crippen LogP contribution in [0.4, 0.5) is 0 Å². The molecule has 0 aliphatic heterocycles. The van der Waals surface area contributed by atoms with Gasteiger partial charge in [-0.1, -0.05) is 30.3 Å². The van der Waals surface area contributed by atoms with Crippen LogP contribution in [0.25, 0.3) is 0 Å². The van der Waals surface area contributed by atoms with Crippen molar-refractivity contribution in [2.45, 2.75) is 19.1 Å². The summed E-state index contributed by atoms with van der Waals surface area (Å²) in [6.07, 6.45) is -0.605. The maximum Gasteiger partial charge on any atom is 0.260 e. The molecule has 5 heteroatoms. The van der Waals surface area contributed by atoms with Gasteiger partial charge >= 0.3 is 0 Å². The summed E-state index contributed by atoms with van der Waals surface area (Å²) in [6.45, 7) is 2.06. The number of benzene rings is 2. The Balaban J connectivity index is 1.82. The first kappa shape index (κ1) is 16.8. The maximum atomic E-state index is 12.1. The molecule has 0 aromatic heterocycles. The minimum absolute atomic E-state index is 0.202. The molecule has 0 spiro atoms. The molecule has 0 bridgehead atoms. The lowest BCUT2D eigenvalue weighted by Gasteiger charge is -2.17. The summed E-state index contributed by atoms with van der Waals surface area (Å²) in [5.74, 6) is 1.15. The standard InChI is InChI=1S/C18H22N2O3/c1-13(23-16-10-8-15(22-2)9-11-16)18(21)20-12-17(19)14-6-4-3-5-7-14/h3-11,13,17H,12,19H2,1-2H3,(H,20,21). The smallest absolute Gasteiger partial charge is 0.260 e. The van der Waals surface area contributed by atoms with Crippen molar-refractivity contribution in [1.82, 2.24) is 5.32 Å². The van der Waals surface area contributed by atoms with E-state index >= 15 is 0 Å².